The molecule has 0 saturated carbocycles. The van der Waals surface area contributed by atoms with Crippen molar-refractivity contribution in [3.05, 3.63) is 30.3 Å². The third kappa shape index (κ3) is 6.95. The molecule has 1 rings (SSSR count). The van der Waals surface area contributed by atoms with Crippen LogP contribution in [0.4, 0.5) is 0 Å². The molecule has 1 aromatic carbocycles. The van der Waals surface area contributed by atoms with Crippen LogP contribution in [0.25, 0.3) is 0 Å². The van der Waals surface area contributed by atoms with Gasteiger partial charge in [-0.3, -0.25) is 0 Å². The molecule has 1 atom stereocenters. The van der Waals surface area contributed by atoms with Crippen molar-refractivity contribution in [2.45, 2.75) is 47.0 Å². The second-order valence-corrected chi connectivity index (χ2v) is 6.45. The smallest absolute Gasteiger partial charge is 0.119 e. The normalized spacial score (nSPS) is 14.2. The number of rotatable bonds is 10. The van der Waals surface area contributed by atoms with E-state index < -0.39 is 0 Å². The molecule has 0 saturated heterocycles. The maximum Gasteiger partial charge on any atom is 0.119 e. The molecular weight excluding hydrogens is 246 g/mol. The molecule has 1 aromatic rings. The third-order valence-corrected chi connectivity index (χ3v) is 3.89. The molecular formula is C18H31NO. The van der Waals surface area contributed by atoms with Crippen molar-refractivity contribution in [2.75, 3.05) is 19.7 Å². The van der Waals surface area contributed by atoms with E-state index in [4.69, 9.17) is 4.74 Å². The Balaban J connectivity index is 2.22. The van der Waals surface area contributed by atoms with E-state index in [-0.39, 0.29) is 0 Å². The molecule has 0 aromatic heterocycles. The minimum atomic E-state index is 0.384. The second-order valence-electron chi connectivity index (χ2n) is 6.45. The van der Waals surface area contributed by atoms with Crippen LogP contribution in [0.1, 0.15) is 47.0 Å². The topological polar surface area (TPSA) is 21.3 Å². The van der Waals surface area contributed by atoms with E-state index in [0.29, 0.717) is 5.41 Å². The molecule has 1 N–H and O–H groups in total. The van der Waals surface area contributed by atoms with Crippen molar-refractivity contribution < 1.29 is 4.74 Å². The van der Waals surface area contributed by atoms with Crippen molar-refractivity contribution in [1.82, 2.24) is 5.32 Å². The van der Waals surface area contributed by atoms with E-state index in [1.807, 2.05) is 30.3 Å². The van der Waals surface area contributed by atoms with E-state index in [9.17, 15) is 0 Å². The molecule has 0 aliphatic heterocycles. The van der Waals surface area contributed by atoms with Crippen LogP contribution in [-0.4, -0.2) is 19.7 Å². The minimum absolute atomic E-state index is 0.384. The van der Waals surface area contributed by atoms with E-state index in [1.165, 1.54) is 12.8 Å². The van der Waals surface area contributed by atoms with Gasteiger partial charge in [0.15, 0.2) is 0 Å². The maximum absolute atomic E-state index is 5.77. The highest BCUT2D eigenvalue weighted by molar-refractivity contribution is 5.20. The summed E-state index contributed by atoms with van der Waals surface area (Å²) in [6.45, 7) is 12.2. The Morgan fingerprint density at radius 1 is 1.20 bits per heavy atom. The molecule has 0 heterocycles. The lowest BCUT2D eigenvalue weighted by molar-refractivity contribution is 0.224. The number of hydrogen-bond acceptors (Lipinski definition) is 2. The summed E-state index contributed by atoms with van der Waals surface area (Å²) in [7, 11) is 0. The molecule has 114 valence electrons. The molecule has 20 heavy (non-hydrogen) atoms. The zero-order valence-electron chi connectivity index (χ0n) is 13.6. The van der Waals surface area contributed by atoms with Crippen LogP contribution in [0.2, 0.25) is 0 Å². The van der Waals surface area contributed by atoms with Crippen molar-refractivity contribution in [3.8, 4) is 5.75 Å². The summed E-state index contributed by atoms with van der Waals surface area (Å²) in [5.41, 5.74) is 0.384. The fourth-order valence-corrected chi connectivity index (χ4v) is 2.26. The van der Waals surface area contributed by atoms with Gasteiger partial charge in [-0.25, -0.2) is 0 Å². The summed E-state index contributed by atoms with van der Waals surface area (Å²) in [4.78, 5) is 0. The van der Waals surface area contributed by atoms with Crippen molar-refractivity contribution >= 4 is 0 Å². The van der Waals surface area contributed by atoms with E-state index >= 15 is 0 Å². The van der Waals surface area contributed by atoms with Gasteiger partial charge >= 0.3 is 0 Å². The van der Waals surface area contributed by atoms with Gasteiger partial charge in [-0.15, -0.1) is 0 Å². The van der Waals surface area contributed by atoms with Crippen LogP contribution in [-0.2, 0) is 0 Å². The van der Waals surface area contributed by atoms with Crippen LogP contribution in [0.5, 0.6) is 5.75 Å². The first-order valence-electron chi connectivity index (χ1n) is 7.94. The number of ether oxygens (including phenoxy) is 1. The maximum atomic E-state index is 5.77. The predicted molar refractivity (Wildman–Crippen MR) is 87.3 cm³/mol. The van der Waals surface area contributed by atoms with E-state index in [0.717, 1.165) is 37.8 Å². The molecule has 0 spiro atoms. The summed E-state index contributed by atoms with van der Waals surface area (Å²) < 4.78 is 5.77. The van der Waals surface area contributed by atoms with Gasteiger partial charge < -0.3 is 10.1 Å². The summed E-state index contributed by atoms with van der Waals surface area (Å²) in [5, 5.41) is 3.59. The van der Waals surface area contributed by atoms with Gasteiger partial charge in [-0.05, 0) is 49.3 Å². The first-order valence-corrected chi connectivity index (χ1v) is 7.94. The molecule has 0 bridgehead atoms. The highest BCUT2D eigenvalue weighted by Gasteiger charge is 2.21. The standard InChI is InChI=1S/C18H31NO/c1-5-18(4,15-19-14-16(2)3)12-9-13-20-17-10-7-6-8-11-17/h6-8,10-11,16,19H,5,9,12-15H2,1-4H3. The van der Waals surface area contributed by atoms with Gasteiger partial charge in [0.2, 0.25) is 0 Å². The van der Waals surface area contributed by atoms with Crippen LogP contribution in [0.15, 0.2) is 30.3 Å². The van der Waals surface area contributed by atoms with E-state index in [1.54, 1.807) is 0 Å². The zero-order valence-corrected chi connectivity index (χ0v) is 13.6. The molecule has 0 fully saturated rings. The number of hydrogen-bond donors (Lipinski definition) is 1. The Morgan fingerprint density at radius 2 is 1.90 bits per heavy atom. The fraction of sp³-hybridized carbons (Fsp3) is 0.667. The SMILES string of the molecule is CCC(C)(CCCOc1ccccc1)CNCC(C)C. The lowest BCUT2D eigenvalue weighted by atomic mass is 9.82. The largest absolute Gasteiger partial charge is 0.494 e. The van der Waals surface area contributed by atoms with Gasteiger partial charge in [0.05, 0.1) is 6.61 Å². The molecule has 1 unspecified atom stereocenters. The van der Waals surface area contributed by atoms with Crippen LogP contribution < -0.4 is 10.1 Å². The molecule has 0 aliphatic rings. The fourth-order valence-electron chi connectivity index (χ4n) is 2.26. The summed E-state index contributed by atoms with van der Waals surface area (Å²) in [6.07, 6.45) is 3.54. The van der Waals surface area contributed by atoms with Crippen LogP contribution in [0, 0.1) is 11.3 Å². The van der Waals surface area contributed by atoms with Gasteiger partial charge in [-0.2, -0.15) is 0 Å². The van der Waals surface area contributed by atoms with Gasteiger partial charge in [0, 0.05) is 6.54 Å². The lowest BCUT2D eigenvalue weighted by Crippen LogP contribution is -2.33. The Kier molecular flexibility index (Phi) is 7.68. The Hall–Kier alpha value is -1.02. The van der Waals surface area contributed by atoms with Gasteiger partial charge in [0.1, 0.15) is 5.75 Å². The molecule has 0 aliphatic carbocycles. The van der Waals surface area contributed by atoms with Crippen LogP contribution in [0.3, 0.4) is 0 Å². The third-order valence-electron chi connectivity index (χ3n) is 3.89. The van der Waals surface area contributed by atoms with Crippen molar-refractivity contribution in [3.63, 3.8) is 0 Å². The number of nitrogens with one attached hydrogen (secondary N) is 1. The highest BCUT2D eigenvalue weighted by atomic mass is 16.5. The monoisotopic (exact) mass is 277 g/mol. The molecule has 2 heteroatoms. The second kappa shape index (κ2) is 9.02. The summed E-state index contributed by atoms with van der Waals surface area (Å²) in [5.74, 6) is 1.70. The van der Waals surface area contributed by atoms with E-state index in [2.05, 4.69) is 33.0 Å². The number of para-hydroxylation sites is 1. The molecule has 0 radical (unpaired) electrons. The Bertz CT molecular complexity index is 350. The Morgan fingerprint density at radius 3 is 2.50 bits per heavy atom. The van der Waals surface area contributed by atoms with Crippen molar-refractivity contribution in [1.29, 1.82) is 0 Å². The van der Waals surface area contributed by atoms with Crippen molar-refractivity contribution in [2.24, 2.45) is 11.3 Å². The van der Waals surface area contributed by atoms with Gasteiger partial charge in [-0.1, -0.05) is 45.9 Å². The molecule has 0 amide bonds. The first-order chi connectivity index (χ1) is 9.56. The predicted octanol–water partition coefficient (Wildman–Crippen LogP) is 4.51. The average molecular weight is 277 g/mol. The first kappa shape index (κ1) is 17.0. The molecule has 2 nitrogen and oxygen atoms in total. The summed E-state index contributed by atoms with van der Waals surface area (Å²) in [6, 6.07) is 10.1. The van der Waals surface area contributed by atoms with Gasteiger partial charge in [0.25, 0.3) is 0 Å². The average Bonchev–Trinajstić information content (AvgIpc) is 2.44. The minimum Gasteiger partial charge on any atom is -0.494 e. The highest BCUT2D eigenvalue weighted by Crippen LogP contribution is 2.26. The van der Waals surface area contributed by atoms with Crippen LogP contribution >= 0.6 is 0 Å². The summed E-state index contributed by atoms with van der Waals surface area (Å²) >= 11 is 0. The lowest BCUT2D eigenvalue weighted by Gasteiger charge is -2.29. The quantitative estimate of drug-likeness (QED) is 0.635. The number of benzene rings is 1. The zero-order chi connectivity index (χ0) is 14.8. The Labute approximate surface area is 124 Å².